The highest BCUT2D eigenvalue weighted by Gasteiger charge is 2.38. The highest BCUT2D eigenvalue weighted by molar-refractivity contribution is 9.11. The van der Waals surface area contributed by atoms with Crippen molar-refractivity contribution in [2.75, 3.05) is 0 Å². The first-order chi connectivity index (χ1) is 6.09. The van der Waals surface area contributed by atoms with E-state index < -0.39 is 0 Å². The fraction of sp³-hybridized carbons (Fsp3) is 0.600. The molecule has 1 aliphatic carbocycles. The average molecular weight is 261 g/mol. The van der Waals surface area contributed by atoms with Gasteiger partial charge in [-0.15, -0.1) is 11.3 Å². The van der Waals surface area contributed by atoms with E-state index in [9.17, 15) is 5.11 Å². The average Bonchev–Trinajstić information content (AvgIpc) is 2.40. The molecular weight excluding hydrogens is 248 g/mol. The van der Waals surface area contributed by atoms with Crippen LogP contribution in [0.3, 0.4) is 0 Å². The van der Waals surface area contributed by atoms with Gasteiger partial charge in [-0.1, -0.05) is 6.92 Å². The second kappa shape index (κ2) is 3.37. The summed E-state index contributed by atoms with van der Waals surface area (Å²) in [6, 6.07) is 2.20. The van der Waals surface area contributed by atoms with Crippen molar-refractivity contribution in [3.63, 3.8) is 0 Å². The van der Waals surface area contributed by atoms with E-state index in [1.165, 1.54) is 14.2 Å². The number of aryl methyl sites for hydroxylation is 1. The predicted octanol–water partition coefficient (Wildman–Crippen LogP) is 3.30. The van der Waals surface area contributed by atoms with E-state index >= 15 is 0 Å². The molecule has 1 saturated carbocycles. The second-order valence-corrected chi connectivity index (χ2v) is 6.47. The lowest BCUT2D eigenvalue weighted by atomic mass is 9.69. The van der Waals surface area contributed by atoms with Crippen LogP contribution in [0.4, 0.5) is 0 Å². The van der Waals surface area contributed by atoms with Gasteiger partial charge in [0, 0.05) is 4.88 Å². The maximum atomic E-state index is 9.44. The fourth-order valence-corrected chi connectivity index (χ4v) is 3.78. The number of halogens is 1. The van der Waals surface area contributed by atoms with Crippen LogP contribution in [0, 0.1) is 12.8 Å². The van der Waals surface area contributed by atoms with Gasteiger partial charge in [0.2, 0.25) is 0 Å². The van der Waals surface area contributed by atoms with Crippen molar-refractivity contribution in [1.29, 1.82) is 0 Å². The molecule has 1 nitrogen and oxygen atoms in total. The minimum Gasteiger partial charge on any atom is -0.393 e. The van der Waals surface area contributed by atoms with Gasteiger partial charge in [-0.05, 0) is 52.7 Å². The van der Waals surface area contributed by atoms with Crippen LogP contribution in [0.2, 0.25) is 0 Å². The van der Waals surface area contributed by atoms with Gasteiger partial charge in [-0.2, -0.15) is 0 Å². The minimum atomic E-state index is -0.0805. The predicted molar refractivity (Wildman–Crippen MR) is 59.3 cm³/mol. The fourth-order valence-electron chi connectivity index (χ4n) is 2.00. The molecule has 3 unspecified atom stereocenters. The molecular formula is C10H13BrOS. The summed E-state index contributed by atoms with van der Waals surface area (Å²) in [6.45, 7) is 4.28. The SMILES string of the molecule is Cc1sc(Br)cc1C1CC(O)C1C. The Morgan fingerprint density at radius 3 is 2.69 bits per heavy atom. The van der Waals surface area contributed by atoms with Crippen LogP contribution in [0.1, 0.15) is 29.7 Å². The van der Waals surface area contributed by atoms with Gasteiger partial charge in [-0.3, -0.25) is 0 Å². The Hall–Kier alpha value is 0.140. The van der Waals surface area contributed by atoms with Gasteiger partial charge < -0.3 is 5.11 Å². The zero-order valence-electron chi connectivity index (χ0n) is 7.75. The Kier molecular flexibility index (Phi) is 2.51. The van der Waals surface area contributed by atoms with Crippen LogP contribution in [-0.4, -0.2) is 11.2 Å². The molecule has 3 atom stereocenters. The molecule has 1 N–H and O–H groups in total. The molecule has 1 heterocycles. The van der Waals surface area contributed by atoms with Gasteiger partial charge in [0.15, 0.2) is 0 Å². The lowest BCUT2D eigenvalue weighted by Gasteiger charge is -2.39. The lowest BCUT2D eigenvalue weighted by molar-refractivity contribution is 0.0117. The molecule has 1 aromatic rings. The monoisotopic (exact) mass is 260 g/mol. The normalized spacial score (nSPS) is 33.1. The summed E-state index contributed by atoms with van der Waals surface area (Å²) in [7, 11) is 0. The van der Waals surface area contributed by atoms with E-state index in [1.54, 1.807) is 11.3 Å². The number of aliphatic hydroxyl groups excluding tert-OH is 1. The molecule has 0 amide bonds. The molecule has 72 valence electrons. The maximum absolute atomic E-state index is 9.44. The van der Waals surface area contributed by atoms with E-state index in [4.69, 9.17) is 0 Å². The van der Waals surface area contributed by atoms with Crippen molar-refractivity contribution in [2.24, 2.45) is 5.92 Å². The highest BCUT2D eigenvalue weighted by Crippen LogP contribution is 2.46. The van der Waals surface area contributed by atoms with Crippen LogP contribution < -0.4 is 0 Å². The number of hydrogen-bond acceptors (Lipinski definition) is 2. The number of thiophene rings is 1. The van der Waals surface area contributed by atoms with Gasteiger partial charge in [0.25, 0.3) is 0 Å². The quantitative estimate of drug-likeness (QED) is 0.822. The first kappa shape index (κ1) is 9.69. The zero-order valence-corrected chi connectivity index (χ0v) is 10.2. The molecule has 0 bridgehead atoms. The molecule has 13 heavy (non-hydrogen) atoms. The van der Waals surface area contributed by atoms with Gasteiger partial charge >= 0.3 is 0 Å². The Bertz CT molecular complexity index is 321. The van der Waals surface area contributed by atoms with Crippen molar-refractivity contribution >= 4 is 27.3 Å². The third-order valence-corrected chi connectivity index (χ3v) is 4.63. The summed E-state index contributed by atoms with van der Waals surface area (Å²) in [5.74, 6) is 1.01. The molecule has 1 fully saturated rings. The third-order valence-electron chi connectivity index (χ3n) is 3.06. The first-order valence-corrected chi connectivity index (χ1v) is 6.14. The minimum absolute atomic E-state index is 0.0805. The summed E-state index contributed by atoms with van der Waals surface area (Å²) in [5.41, 5.74) is 1.43. The largest absolute Gasteiger partial charge is 0.393 e. The molecule has 3 heteroatoms. The first-order valence-electron chi connectivity index (χ1n) is 4.53. The van der Waals surface area contributed by atoms with Crippen molar-refractivity contribution in [2.45, 2.75) is 32.3 Å². The number of hydrogen-bond donors (Lipinski definition) is 1. The van der Waals surface area contributed by atoms with Gasteiger partial charge in [0.1, 0.15) is 0 Å². The summed E-state index contributed by atoms with van der Waals surface area (Å²) in [5, 5.41) is 9.44. The van der Waals surface area contributed by atoms with Crippen LogP contribution in [0.5, 0.6) is 0 Å². The smallest absolute Gasteiger partial charge is 0.0704 e. The molecule has 2 rings (SSSR count). The van der Waals surface area contributed by atoms with E-state index in [1.807, 2.05) is 0 Å². The molecule has 1 aromatic heterocycles. The molecule has 0 aromatic carbocycles. The van der Waals surface area contributed by atoms with Gasteiger partial charge in [-0.25, -0.2) is 0 Å². The molecule has 0 spiro atoms. The van der Waals surface area contributed by atoms with Gasteiger partial charge in [0.05, 0.1) is 9.89 Å². The Morgan fingerprint density at radius 1 is 1.62 bits per heavy atom. The molecule has 0 radical (unpaired) electrons. The van der Waals surface area contributed by atoms with Crippen LogP contribution in [0.15, 0.2) is 9.85 Å². The number of rotatable bonds is 1. The summed E-state index contributed by atoms with van der Waals surface area (Å²) >= 11 is 5.28. The highest BCUT2D eigenvalue weighted by atomic mass is 79.9. The maximum Gasteiger partial charge on any atom is 0.0704 e. The van der Waals surface area contributed by atoms with Crippen molar-refractivity contribution in [3.8, 4) is 0 Å². The molecule has 0 aliphatic heterocycles. The van der Waals surface area contributed by atoms with E-state index in [2.05, 4.69) is 35.8 Å². The Labute approximate surface area is 90.9 Å². The zero-order chi connectivity index (χ0) is 9.59. The molecule has 1 aliphatic rings. The number of aliphatic hydroxyl groups is 1. The topological polar surface area (TPSA) is 20.2 Å². The Morgan fingerprint density at radius 2 is 2.31 bits per heavy atom. The summed E-state index contributed by atoms with van der Waals surface area (Å²) in [6.07, 6.45) is 0.855. The van der Waals surface area contributed by atoms with Crippen LogP contribution in [0.25, 0.3) is 0 Å². The van der Waals surface area contributed by atoms with Crippen LogP contribution in [-0.2, 0) is 0 Å². The lowest BCUT2D eigenvalue weighted by Crippen LogP contribution is -2.37. The summed E-state index contributed by atoms with van der Waals surface area (Å²) in [4.78, 5) is 1.38. The standard InChI is InChI=1S/C10H13BrOS/c1-5-7(3-9(5)12)8-4-10(11)13-6(8)2/h4-5,7,9,12H,3H2,1-2H3. The van der Waals surface area contributed by atoms with E-state index in [0.29, 0.717) is 11.8 Å². The Balaban J connectivity index is 2.22. The van der Waals surface area contributed by atoms with E-state index in [-0.39, 0.29) is 6.10 Å². The van der Waals surface area contributed by atoms with E-state index in [0.717, 1.165) is 6.42 Å². The van der Waals surface area contributed by atoms with Crippen molar-refractivity contribution in [3.05, 3.63) is 20.3 Å². The molecule has 0 saturated heterocycles. The summed E-state index contributed by atoms with van der Waals surface area (Å²) < 4.78 is 1.20. The second-order valence-electron chi connectivity index (χ2n) is 3.83. The van der Waals surface area contributed by atoms with Crippen LogP contribution >= 0.6 is 27.3 Å². The van der Waals surface area contributed by atoms with Crippen molar-refractivity contribution < 1.29 is 5.11 Å². The van der Waals surface area contributed by atoms with Crippen molar-refractivity contribution in [1.82, 2.24) is 0 Å². The third kappa shape index (κ3) is 1.58.